The van der Waals surface area contributed by atoms with Crippen LogP contribution in [0.3, 0.4) is 0 Å². The van der Waals surface area contributed by atoms with Crippen molar-refractivity contribution in [3.63, 3.8) is 0 Å². The average Bonchev–Trinajstić information content (AvgIpc) is 2.72. The molecule has 0 aromatic rings. The molecule has 3 aliphatic heterocycles. The molecule has 26 heavy (non-hydrogen) atoms. The van der Waals surface area contributed by atoms with Gasteiger partial charge in [-0.3, -0.25) is 9.59 Å². The van der Waals surface area contributed by atoms with E-state index in [9.17, 15) is 22.8 Å². The zero-order valence-electron chi connectivity index (χ0n) is 14.4. The molecule has 2 bridgehead atoms. The molecule has 0 unspecified atom stereocenters. The van der Waals surface area contributed by atoms with E-state index >= 15 is 0 Å². The van der Waals surface area contributed by atoms with Gasteiger partial charge in [0.05, 0.1) is 6.04 Å². The van der Waals surface area contributed by atoms with E-state index in [4.69, 9.17) is 0 Å². The summed E-state index contributed by atoms with van der Waals surface area (Å²) in [5.41, 5.74) is 0.148. The molecule has 1 aliphatic carbocycles. The molecule has 144 valence electrons. The maximum absolute atomic E-state index is 12.6. The minimum Gasteiger partial charge on any atom is -0.352 e. The molecular weight excluding hydrogens is 364 g/mol. The highest BCUT2D eigenvalue weighted by atomic mass is 32.2. The van der Waals surface area contributed by atoms with Crippen LogP contribution in [0.5, 0.6) is 0 Å². The quantitative estimate of drug-likeness (QED) is 0.589. The number of carbonyl (C=O) groups excluding carboxylic acids is 3. The van der Waals surface area contributed by atoms with Gasteiger partial charge in [0.1, 0.15) is 6.04 Å². The number of nitrogens with zero attached hydrogens (tertiary/aromatic N) is 3. The lowest BCUT2D eigenvalue weighted by atomic mass is 9.60. The Hall–Kier alpha value is -1.88. The monoisotopic (exact) mass is 386 g/mol. The topological polar surface area (TPSA) is 116 Å². The second-order valence-corrected chi connectivity index (χ2v) is 8.41. The summed E-state index contributed by atoms with van der Waals surface area (Å²) < 4.78 is 26.1. The van der Waals surface area contributed by atoms with E-state index in [2.05, 4.69) is 9.60 Å². The Bertz CT molecular complexity index is 718. The van der Waals surface area contributed by atoms with E-state index in [-0.39, 0.29) is 29.3 Å². The molecule has 1 spiro atoms. The lowest BCUT2D eigenvalue weighted by Crippen LogP contribution is -2.68. The average molecular weight is 386 g/mol. The largest absolute Gasteiger partial charge is 0.352 e. The molecule has 4 amide bonds. The fourth-order valence-corrected chi connectivity index (χ4v) is 5.06. The summed E-state index contributed by atoms with van der Waals surface area (Å²) >= 11 is 0. The van der Waals surface area contributed by atoms with E-state index in [0.717, 1.165) is 31.0 Å². The van der Waals surface area contributed by atoms with Gasteiger partial charge in [0.15, 0.2) is 0 Å². The molecule has 0 radical (unpaired) electrons. The minimum absolute atomic E-state index is 0.0653. The highest BCUT2D eigenvalue weighted by Gasteiger charge is 2.54. The van der Waals surface area contributed by atoms with Crippen molar-refractivity contribution in [2.45, 2.75) is 50.7 Å². The third kappa shape index (κ3) is 2.82. The predicted octanol–water partition coefficient (Wildman–Crippen LogP) is -1.16. The Labute approximate surface area is 152 Å². The van der Waals surface area contributed by atoms with Crippen LogP contribution in [0.15, 0.2) is 0 Å². The number of hydroxylamine groups is 2. The molecule has 4 aliphatic rings. The van der Waals surface area contributed by atoms with Crippen LogP contribution in [0, 0.1) is 5.41 Å². The first-order valence-corrected chi connectivity index (χ1v) is 9.86. The third-order valence-corrected chi connectivity index (χ3v) is 6.29. The first kappa shape index (κ1) is 17.5. The molecule has 0 aromatic carbocycles. The molecular formula is C15H22N4O6S. The summed E-state index contributed by atoms with van der Waals surface area (Å²) in [6, 6.07) is -1.44. The van der Waals surface area contributed by atoms with Crippen LogP contribution in [-0.2, 0) is 24.9 Å². The van der Waals surface area contributed by atoms with Gasteiger partial charge in [-0.05, 0) is 25.7 Å². The maximum atomic E-state index is 12.6. The SMILES string of the molecule is CC(=O)N1CC2(CC(NC(=O)[C@@H]3CC[C@@H]4CN3C(=O)N4O[SH](=O)=O)C2)C1. The summed E-state index contributed by atoms with van der Waals surface area (Å²) in [6.07, 6.45) is 2.69. The first-order valence-electron chi connectivity index (χ1n) is 8.76. The fraction of sp³-hybridized carbons (Fsp3) is 0.800. The normalized spacial score (nSPS) is 29.8. The van der Waals surface area contributed by atoms with Crippen molar-refractivity contribution in [3.8, 4) is 0 Å². The van der Waals surface area contributed by atoms with Gasteiger partial charge in [-0.1, -0.05) is 0 Å². The van der Waals surface area contributed by atoms with Gasteiger partial charge in [0, 0.05) is 38.0 Å². The van der Waals surface area contributed by atoms with Crippen LogP contribution in [0.4, 0.5) is 4.79 Å². The number of carbonyl (C=O) groups is 3. The van der Waals surface area contributed by atoms with E-state index in [0.29, 0.717) is 19.4 Å². The van der Waals surface area contributed by atoms with Crippen molar-refractivity contribution in [3.05, 3.63) is 0 Å². The van der Waals surface area contributed by atoms with Crippen molar-refractivity contribution in [1.82, 2.24) is 20.2 Å². The first-order chi connectivity index (χ1) is 12.3. The number of rotatable bonds is 4. The van der Waals surface area contributed by atoms with Crippen molar-refractivity contribution >= 4 is 28.8 Å². The number of urea groups is 1. The highest BCUT2D eigenvalue weighted by molar-refractivity contribution is 7.67. The second-order valence-electron chi connectivity index (χ2n) is 7.80. The summed E-state index contributed by atoms with van der Waals surface area (Å²) in [6.45, 7) is 3.36. The minimum atomic E-state index is -3.16. The zero-order valence-corrected chi connectivity index (χ0v) is 15.3. The van der Waals surface area contributed by atoms with Gasteiger partial charge in [-0.25, -0.2) is 13.2 Å². The molecule has 2 atom stereocenters. The number of amides is 4. The molecule has 4 rings (SSSR count). The smallest absolute Gasteiger partial charge is 0.346 e. The van der Waals surface area contributed by atoms with Gasteiger partial charge in [0.2, 0.25) is 11.8 Å². The summed E-state index contributed by atoms with van der Waals surface area (Å²) in [5, 5.41) is 3.86. The van der Waals surface area contributed by atoms with Crippen molar-refractivity contribution in [1.29, 1.82) is 0 Å². The summed E-state index contributed by atoms with van der Waals surface area (Å²) in [7, 11) is -3.16. The number of likely N-dealkylation sites (tertiary alicyclic amines) is 1. The van der Waals surface area contributed by atoms with Crippen molar-refractivity contribution in [2.24, 2.45) is 5.41 Å². The Balaban J connectivity index is 1.30. The van der Waals surface area contributed by atoms with Crippen molar-refractivity contribution in [2.75, 3.05) is 19.6 Å². The van der Waals surface area contributed by atoms with Crippen molar-refractivity contribution < 1.29 is 27.1 Å². The molecule has 1 saturated carbocycles. The number of thiol groups is 1. The zero-order chi connectivity index (χ0) is 18.6. The molecule has 3 heterocycles. The van der Waals surface area contributed by atoms with E-state index in [1.807, 2.05) is 0 Å². The standard InChI is InChI=1S/C15H22N4O6S/c1-9(20)17-7-15(8-17)4-10(5-15)16-13(21)12-3-2-11-6-18(12)14(22)19(11)25-26(23)24/h10-12,26H,2-8H2,1H3,(H,16,21)/t11-,12+/m1/s1. The van der Waals surface area contributed by atoms with Gasteiger partial charge >= 0.3 is 6.03 Å². The van der Waals surface area contributed by atoms with E-state index in [1.165, 1.54) is 4.90 Å². The lowest BCUT2D eigenvalue weighted by molar-refractivity contribution is -0.151. The van der Waals surface area contributed by atoms with E-state index in [1.54, 1.807) is 11.8 Å². The Morgan fingerprint density at radius 1 is 1.23 bits per heavy atom. The van der Waals surface area contributed by atoms with Gasteiger partial charge in [0.25, 0.3) is 11.0 Å². The highest BCUT2D eigenvalue weighted by Crippen LogP contribution is 2.48. The molecule has 10 nitrogen and oxygen atoms in total. The Morgan fingerprint density at radius 2 is 1.92 bits per heavy atom. The number of hydrogen-bond donors (Lipinski definition) is 2. The second kappa shape index (κ2) is 6.08. The maximum Gasteiger partial charge on any atom is 0.346 e. The Kier molecular flexibility index (Phi) is 4.10. The van der Waals surface area contributed by atoms with Gasteiger partial charge in [-0.2, -0.15) is 5.06 Å². The third-order valence-electron chi connectivity index (χ3n) is 5.98. The summed E-state index contributed by atoms with van der Waals surface area (Å²) in [4.78, 5) is 39.4. The number of piperidine rings is 1. The fourth-order valence-electron chi connectivity index (χ4n) is 4.71. The predicted molar refractivity (Wildman–Crippen MR) is 88.0 cm³/mol. The van der Waals surface area contributed by atoms with E-state index < -0.39 is 23.1 Å². The molecule has 4 fully saturated rings. The lowest BCUT2D eigenvalue weighted by Gasteiger charge is -2.59. The number of fused-ring (bicyclic) bond motifs is 2. The van der Waals surface area contributed by atoms with Gasteiger partial charge in [-0.15, -0.1) is 4.28 Å². The van der Waals surface area contributed by atoms with Crippen LogP contribution in [0.2, 0.25) is 0 Å². The molecule has 0 aromatic heterocycles. The number of nitrogens with one attached hydrogen (secondary N) is 1. The van der Waals surface area contributed by atoms with Crippen LogP contribution in [0.25, 0.3) is 0 Å². The van der Waals surface area contributed by atoms with Crippen LogP contribution >= 0.6 is 0 Å². The van der Waals surface area contributed by atoms with Crippen LogP contribution < -0.4 is 5.32 Å². The van der Waals surface area contributed by atoms with Crippen LogP contribution in [-0.4, -0.2) is 78.9 Å². The number of hydrogen-bond acceptors (Lipinski definition) is 6. The molecule has 11 heteroatoms. The summed E-state index contributed by atoms with van der Waals surface area (Å²) in [5.74, 6) is -0.119. The van der Waals surface area contributed by atoms with Crippen LogP contribution in [0.1, 0.15) is 32.6 Å². The molecule has 1 N–H and O–H groups in total. The van der Waals surface area contributed by atoms with Gasteiger partial charge < -0.3 is 15.1 Å². The Morgan fingerprint density at radius 3 is 2.54 bits per heavy atom. The molecule has 3 saturated heterocycles.